The highest BCUT2D eigenvalue weighted by atomic mass is 16.5. The maximum Gasteiger partial charge on any atom is 0.328 e. The zero-order valence-corrected chi connectivity index (χ0v) is 11.1. The molecular formula is C13H21NO4. The highest BCUT2D eigenvalue weighted by Gasteiger charge is 2.41. The van der Waals surface area contributed by atoms with Gasteiger partial charge in [-0.05, 0) is 32.6 Å². The summed E-state index contributed by atoms with van der Waals surface area (Å²) in [5, 5.41) is 0. The summed E-state index contributed by atoms with van der Waals surface area (Å²) in [6.45, 7) is 3.03. The predicted octanol–water partition coefficient (Wildman–Crippen LogP) is 0.965. The lowest BCUT2D eigenvalue weighted by Crippen LogP contribution is -2.48. The van der Waals surface area contributed by atoms with Crippen LogP contribution in [-0.2, 0) is 19.1 Å². The van der Waals surface area contributed by atoms with Crippen molar-refractivity contribution in [3.8, 4) is 0 Å². The summed E-state index contributed by atoms with van der Waals surface area (Å²) in [5.74, 6) is -0.229. The first-order valence-corrected chi connectivity index (χ1v) is 6.63. The van der Waals surface area contributed by atoms with Gasteiger partial charge in [0.25, 0.3) is 0 Å². The minimum atomic E-state index is -0.474. The van der Waals surface area contributed by atoms with Gasteiger partial charge in [0.2, 0.25) is 5.91 Å². The Hall–Kier alpha value is -1.10. The first kappa shape index (κ1) is 13.3. The van der Waals surface area contributed by atoms with E-state index in [1.807, 2.05) is 0 Å². The molecule has 0 aromatic rings. The van der Waals surface area contributed by atoms with Crippen LogP contribution in [0.25, 0.3) is 0 Å². The first-order valence-electron chi connectivity index (χ1n) is 6.63. The fourth-order valence-electron chi connectivity index (χ4n) is 2.48. The van der Waals surface area contributed by atoms with E-state index in [9.17, 15) is 9.59 Å². The van der Waals surface area contributed by atoms with Gasteiger partial charge in [0.1, 0.15) is 6.04 Å². The second-order valence-electron chi connectivity index (χ2n) is 5.06. The Morgan fingerprint density at radius 3 is 2.33 bits per heavy atom. The third kappa shape index (κ3) is 2.83. The second-order valence-corrected chi connectivity index (χ2v) is 5.06. The molecule has 1 aliphatic heterocycles. The minimum absolute atomic E-state index is 0.00598. The molecule has 5 heteroatoms. The van der Waals surface area contributed by atoms with Crippen LogP contribution in [0.15, 0.2) is 0 Å². The summed E-state index contributed by atoms with van der Waals surface area (Å²) in [5.41, 5.74) is 0. The van der Waals surface area contributed by atoms with Crippen molar-refractivity contribution in [2.45, 2.75) is 44.7 Å². The molecule has 2 rings (SSSR count). The number of hydrogen-bond acceptors (Lipinski definition) is 4. The van der Waals surface area contributed by atoms with E-state index < -0.39 is 6.04 Å². The number of ether oxygens (including phenoxy) is 2. The maximum absolute atomic E-state index is 12.5. The van der Waals surface area contributed by atoms with Crippen LogP contribution in [0.3, 0.4) is 0 Å². The predicted molar refractivity (Wildman–Crippen MR) is 64.9 cm³/mol. The van der Waals surface area contributed by atoms with Gasteiger partial charge < -0.3 is 14.4 Å². The van der Waals surface area contributed by atoms with Crippen molar-refractivity contribution in [2.24, 2.45) is 5.92 Å². The summed E-state index contributed by atoms with van der Waals surface area (Å²) in [6.07, 6.45) is 3.51. The monoisotopic (exact) mass is 255 g/mol. The van der Waals surface area contributed by atoms with Gasteiger partial charge in [-0.2, -0.15) is 0 Å². The maximum atomic E-state index is 12.5. The summed E-state index contributed by atoms with van der Waals surface area (Å²) >= 11 is 0. The lowest BCUT2D eigenvalue weighted by atomic mass is 9.97. The van der Waals surface area contributed by atoms with Crippen LogP contribution in [0.2, 0.25) is 0 Å². The van der Waals surface area contributed by atoms with Gasteiger partial charge in [0.05, 0.1) is 7.11 Å². The van der Waals surface area contributed by atoms with Gasteiger partial charge in [0.15, 0.2) is 0 Å². The molecule has 5 nitrogen and oxygen atoms in total. The fourth-order valence-corrected chi connectivity index (χ4v) is 2.48. The summed E-state index contributed by atoms with van der Waals surface area (Å²) < 4.78 is 10.0. The number of carbonyl (C=O) groups excluding carboxylic acids is 2. The smallest absolute Gasteiger partial charge is 0.328 e. The molecule has 2 fully saturated rings. The average Bonchev–Trinajstić information content (AvgIpc) is 3.23. The van der Waals surface area contributed by atoms with E-state index in [2.05, 4.69) is 0 Å². The first-order chi connectivity index (χ1) is 8.65. The number of rotatable bonds is 4. The van der Waals surface area contributed by atoms with Gasteiger partial charge in [-0.3, -0.25) is 4.79 Å². The van der Waals surface area contributed by atoms with Gasteiger partial charge >= 0.3 is 5.97 Å². The standard InChI is InChI=1S/C13H21NO4/c1-9(13(16)17-2)14(11-3-4-11)12(15)10-5-7-18-8-6-10/h9-11H,3-8H2,1-2H3/t9-/m0/s1. The SMILES string of the molecule is COC(=O)[C@H](C)N(C(=O)C1CCOCC1)C1CC1. The van der Waals surface area contributed by atoms with Gasteiger partial charge in [-0.15, -0.1) is 0 Å². The molecule has 1 heterocycles. The molecule has 1 atom stereocenters. The third-order valence-electron chi connectivity index (χ3n) is 3.72. The Morgan fingerprint density at radius 1 is 1.22 bits per heavy atom. The van der Waals surface area contributed by atoms with Gasteiger partial charge in [-0.25, -0.2) is 4.79 Å². The largest absolute Gasteiger partial charge is 0.467 e. The molecule has 102 valence electrons. The molecule has 0 radical (unpaired) electrons. The summed E-state index contributed by atoms with van der Waals surface area (Å²) in [7, 11) is 1.36. The molecule has 0 unspecified atom stereocenters. The highest BCUT2D eigenvalue weighted by Crippen LogP contribution is 2.32. The van der Waals surface area contributed by atoms with Crippen molar-refractivity contribution < 1.29 is 19.1 Å². The molecule has 1 saturated carbocycles. The van der Waals surface area contributed by atoms with Crippen molar-refractivity contribution >= 4 is 11.9 Å². The molecule has 18 heavy (non-hydrogen) atoms. The topological polar surface area (TPSA) is 55.8 Å². The van der Waals surface area contributed by atoms with E-state index in [0.717, 1.165) is 25.7 Å². The Kier molecular flexibility index (Phi) is 4.22. The van der Waals surface area contributed by atoms with Crippen molar-refractivity contribution in [3.63, 3.8) is 0 Å². The molecule has 0 bridgehead atoms. The van der Waals surface area contributed by atoms with Crippen LogP contribution in [0.5, 0.6) is 0 Å². The van der Waals surface area contributed by atoms with Crippen LogP contribution in [0.4, 0.5) is 0 Å². The quantitative estimate of drug-likeness (QED) is 0.702. The Balaban J connectivity index is 2.04. The molecular weight excluding hydrogens is 234 g/mol. The van der Waals surface area contributed by atoms with E-state index in [1.54, 1.807) is 11.8 Å². The number of amides is 1. The van der Waals surface area contributed by atoms with E-state index in [1.165, 1.54) is 7.11 Å². The minimum Gasteiger partial charge on any atom is -0.467 e. The molecule has 1 aliphatic carbocycles. The number of methoxy groups -OCH3 is 1. The normalized spacial score (nSPS) is 22.3. The van der Waals surface area contributed by atoms with E-state index in [4.69, 9.17) is 9.47 Å². The average molecular weight is 255 g/mol. The van der Waals surface area contributed by atoms with Crippen LogP contribution in [0, 0.1) is 5.92 Å². The Morgan fingerprint density at radius 2 is 1.83 bits per heavy atom. The van der Waals surface area contributed by atoms with Crippen LogP contribution >= 0.6 is 0 Å². The number of carbonyl (C=O) groups is 2. The van der Waals surface area contributed by atoms with Crippen molar-refractivity contribution in [3.05, 3.63) is 0 Å². The van der Waals surface area contributed by atoms with E-state index in [-0.39, 0.29) is 23.8 Å². The van der Waals surface area contributed by atoms with Crippen molar-refractivity contribution in [1.82, 2.24) is 4.90 Å². The van der Waals surface area contributed by atoms with Gasteiger partial charge in [-0.1, -0.05) is 0 Å². The van der Waals surface area contributed by atoms with Crippen LogP contribution in [0.1, 0.15) is 32.6 Å². The van der Waals surface area contributed by atoms with Crippen molar-refractivity contribution in [2.75, 3.05) is 20.3 Å². The lowest BCUT2D eigenvalue weighted by Gasteiger charge is -2.32. The second kappa shape index (κ2) is 5.69. The van der Waals surface area contributed by atoms with Crippen LogP contribution in [-0.4, -0.2) is 49.2 Å². The number of esters is 1. The van der Waals surface area contributed by atoms with E-state index in [0.29, 0.717) is 13.2 Å². The fraction of sp³-hybridized carbons (Fsp3) is 0.846. The van der Waals surface area contributed by atoms with Crippen molar-refractivity contribution in [1.29, 1.82) is 0 Å². The summed E-state index contributed by atoms with van der Waals surface area (Å²) in [6, 6.07) is -0.243. The molecule has 1 amide bonds. The Bertz CT molecular complexity index is 321. The zero-order chi connectivity index (χ0) is 13.1. The molecule has 0 aromatic heterocycles. The van der Waals surface area contributed by atoms with Gasteiger partial charge in [0, 0.05) is 25.2 Å². The van der Waals surface area contributed by atoms with Crippen LogP contribution < -0.4 is 0 Å². The molecule has 0 aromatic carbocycles. The highest BCUT2D eigenvalue weighted by molar-refractivity contribution is 5.86. The molecule has 2 aliphatic rings. The molecule has 0 N–H and O–H groups in total. The zero-order valence-electron chi connectivity index (χ0n) is 11.1. The molecule has 0 spiro atoms. The number of nitrogens with zero attached hydrogens (tertiary/aromatic N) is 1. The Labute approximate surface area is 107 Å². The third-order valence-corrected chi connectivity index (χ3v) is 3.72. The molecule has 1 saturated heterocycles. The number of hydrogen-bond donors (Lipinski definition) is 0. The lowest BCUT2D eigenvalue weighted by molar-refractivity contribution is -0.155. The van der Waals surface area contributed by atoms with E-state index >= 15 is 0 Å². The summed E-state index contributed by atoms with van der Waals surface area (Å²) in [4.78, 5) is 25.9.